The minimum Gasteiger partial charge on any atom is -0.508 e. The van der Waals surface area contributed by atoms with E-state index in [0.29, 0.717) is 5.56 Å². The summed E-state index contributed by atoms with van der Waals surface area (Å²) in [6.07, 6.45) is 14.9. The number of carbonyl (C=O) groups excluding carboxylic acids is 1. The molecule has 0 atom stereocenters. The zero-order valence-electron chi connectivity index (χ0n) is 20.3. The lowest BCUT2D eigenvalue weighted by Crippen LogP contribution is -1.93. The van der Waals surface area contributed by atoms with E-state index in [0.717, 1.165) is 41.9 Å². The summed E-state index contributed by atoms with van der Waals surface area (Å²) < 4.78 is 0. The van der Waals surface area contributed by atoms with Crippen LogP contribution in [0.3, 0.4) is 0 Å². The van der Waals surface area contributed by atoms with Gasteiger partial charge in [-0.1, -0.05) is 53.1 Å². The number of aromatic hydroxyl groups is 1. The van der Waals surface area contributed by atoms with Crippen molar-refractivity contribution >= 4 is 23.6 Å². The van der Waals surface area contributed by atoms with E-state index >= 15 is 0 Å². The molecule has 2 rings (SSSR count). The Morgan fingerprint density at radius 1 is 0.848 bits per heavy atom. The summed E-state index contributed by atoms with van der Waals surface area (Å²) in [6, 6.07) is 14.5. The van der Waals surface area contributed by atoms with Crippen LogP contribution in [-0.2, 0) is 0 Å². The van der Waals surface area contributed by atoms with Crippen LogP contribution in [0.25, 0.3) is 6.08 Å². The quantitative estimate of drug-likeness (QED) is 0.149. The fourth-order valence-corrected chi connectivity index (χ4v) is 4.27. The monoisotopic (exact) mass is 460 g/mol. The van der Waals surface area contributed by atoms with E-state index < -0.39 is 0 Å². The fraction of sp³-hybridized carbons (Fsp3) is 0.300. The standard InChI is InChI=1S/C30H36O2S/c1-23(2)9-7-10-24(3)11-8-12-25(4)21-22-33-30-14-6-5-13-27(30)17-20-29(32)26-15-18-28(31)19-16-26/h5-6,9,11,13-21,31H,7-8,10,12,22H2,1-4H3/b20-17+,24-11?,25-21?. The molecule has 2 aromatic carbocycles. The van der Waals surface area contributed by atoms with Gasteiger partial charge in [-0.3, -0.25) is 4.79 Å². The molecule has 174 valence electrons. The lowest BCUT2D eigenvalue weighted by Gasteiger charge is -2.05. The number of allylic oxidation sites excluding steroid dienone is 6. The van der Waals surface area contributed by atoms with Crippen molar-refractivity contribution in [3.8, 4) is 5.75 Å². The lowest BCUT2D eigenvalue weighted by atomic mass is 10.1. The van der Waals surface area contributed by atoms with Crippen LogP contribution in [0.15, 0.2) is 94.4 Å². The second kappa shape index (κ2) is 14.4. The third-order valence-electron chi connectivity index (χ3n) is 5.28. The minimum atomic E-state index is -0.0743. The number of carbonyl (C=O) groups is 1. The molecule has 1 N–H and O–H groups in total. The topological polar surface area (TPSA) is 37.3 Å². The van der Waals surface area contributed by atoms with Gasteiger partial charge in [0.05, 0.1) is 0 Å². The van der Waals surface area contributed by atoms with Crippen LogP contribution in [-0.4, -0.2) is 16.6 Å². The first-order valence-corrected chi connectivity index (χ1v) is 12.5. The van der Waals surface area contributed by atoms with Gasteiger partial charge < -0.3 is 5.11 Å². The Morgan fingerprint density at radius 3 is 2.18 bits per heavy atom. The smallest absolute Gasteiger partial charge is 0.185 e. The van der Waals surface area contributed by atoms with Crippen molar-refractivity contribution in [2.75, 3.05) is 5.75 Å². The van der Waals surface area contributed by atoms with Crippen LogP contribution in [0, 0.1) is 0 Å². The van der Waals surface area contributed by atoms with Gasteiger partial charge in [0.15, 0.2) is 5.78 Å². The largest absolute Gasteiger partial charge is 0.508 e. The number of phenols is 1. The van der Waals surface area contributed by atoms with Crippen molar-refractivity contribution in [1.82, 2.24) is 0 Å². The van der Waals surface area contributed by atoms with Crippen LogP contribution < -0.4 is 0 Å². The molecule has 0 aliphatic carbocycles. The molecule has 0 amide bonds. The SMILES string of the molecule is CC(C)=CCCC(C)=CCCC(C)=CCSc1ccccc1/C=C/C(=O)c1ccc(O)cc1. The number of hydrogen-bond acceptors (Lipinski definition) is 3. The summed E-state index contributed by atoms with van der Waals surface area (Å²) in [4.78, 5) is 13.5. The van der Waals surface area contributed by atoms with Gasteiger partial charge in [0, 0.05) is 16.2 Å². The van der Waals surface area contributed by atoms with Crippen LogP contribution in [0.4, 0.5) is 0 Å². The minimum absolute atomic E-state index is 0.0743. The fourth-order valence-electron chi connectivity index (χ4n) is 3.25. The molecule has 0 aliphatic rings. The highest BCUT2D eigenvalue weighted by atomic mass is 32.2. The molecule has 0 saturated heterocycles. The highest BCUT2D eigenvalue weighted by molar-refractivity contribution is 7.99. The molecule has 0 aliphatic heterocycles. The maximum absolute atomic E-state index is 12.4. The molecule has 0 heterocycles. The number of ketones is 1. The van der Waals surface area contributed by atoms with E-state index in [9.17, 15) is 9.90 Å². The summed E-state index contributed by atoms with van der Waals surface area (Å²) in [5, 5.41) is 9.38. The molecule has 0 saturated carbocycles. The lowest BCUT2D eigenvalue weighted by molar-refractivity contribution is 0.104. The molecular formula is C30H36O2S. The zero-order valence-corrected chi connectivity index (χ0v) is 21.1. The molecule has 2 aromatic rings. The van der Waals surface area contributed by atoms with Crippen molar-refractivity contribution in [2.24, 2.45) is 0 Å². The van der Waals surface area contributed by atoms with Crippen LogP contribution in [0.5, 0.6) is 5.75 Å². The van der Waals surface area contributed by atoms with Gasteiger partial charge in [0.25, 0.3) is 0 Å². The molecule has 0 fully saturated rings. The van der Waals surface area contributed by atoms with E-state index in [-0.39, 0.29) is 11.5 Å². The van der Waals surface area contributed by atoms with E-state index in [1.807, 2.05) is 24.3 Å². The summed E-state index contributed by atoms with van der Waals surface area (Å²) in [7, 11) is 0. The van der Waals surface area contributed by atoms with E-state index in [1.54, 1.807) is 30.0 Å². The van der Waals surface area contributed by atoms with Gasteiger partial charge in [-0.15, -0.1) is 11.8 Å². The van der Waals surface area contributed by atoms with Gasteiger partial charge in [-0.05, 0) is 101 Å². The van der Waals surface area contributed by atoms with Crippen LogP contribution in [0.2, 0.25) is 0 Å². The molecule has 0 spiro atoms. The van der Waals surface area contributed by atoms with Crippen molar-refractivity contribution in [3.63, 3.8) is 0 Å². The third kappa shape index (κ3) is 10.6. The Labute approximate surface area is 203 Å². The Morgan fingerprint density at radius 2 is 1.48 bits per heavy atom. The first-order chi connectivity index (χ1) is 15.8. The molecule has 0 bridgehead atoms. The van der Waals surface area contributed by atoms with Crippen LogP contribution in [0.1, 0.15) is 69.3 Å². The summed E-state index contributed by atoms with van der Waals surface area (Å²) in [5.41, 5.74) is 5.87. The number of rotatable bonds is 12. The molecule has 33 heavy (non-hydrogen) atoms. The highest BCUT2D eigenvalue weighted by Crippen LogP contribution is 2.25. The van der Waals surface area contributed by atoms with Crippen molar-refractivity contribution in [3.05, 3.63) is 101 Å². The maximum Gasteiger partial charge on any atom is 0.185 e. The average Bonchev–Trinajstić information content (AvgIpc) is 2.78. The Kier molecular flexibility index (Phi) is 11.5. The second-order valence-corrected chi connectivity index (χ2v) is 9.61. The third-order valence-corrected chi connectivity index (χ3v) is 6.29. The molecule has 3 heteroatoms. The first kappa shape index (κ1) is 26.5. The van der Waals surface area contributed by atoms with Crippen molar-refractivity contribution in [1.29, 1.82) is 0 Å². The van der Waals surface area contributed by atoms with Gasteiger partial charge >= 0.3 is 0 Å². The summed E-state index contributed by atoms with van der Waals surface area (Å²) in [6.45, 7) is 8.73. The molecular weight excluding hydrogens is 424 g/mol. The number of thioether (sulfide) groups is 1. The maximum atomic E-state index is 12.4. The Hall–Kier alpha value is -2.78. The average molecular weight is 461 g/mol. The predicted molar refractivity (Wildman–Crippen MR) is 144 cm³/mol. The van der Waals surface area contributed by atoms with Gasteiger partial charge in [-0.2, -0.15) is 0 Å². The normalized spacial score (nSPS) is 12.2. The Balaban J connectivity index is 1.86. The second-order valence-electron chi connectivity index (χ2n) is 8.55. The van der Waals surface area contributed by atoms with E-state index in [4.69, 9.17) is 0 Å². The Bertz CT molecular complexity index is 1020. The first-order valence-electron chi connectivity index (χ1n) is 11.5. The number of phenolic OH excluding ortho intramolecular Hbond substituents is 1. The van der Waals surface area contributed by atoms with E-state index in [2.05, 4.69) is 52.0 Å². The zero-order chi connectivity index (χ0) is 24.1. The highest BCUT2D eigenvalue weighted by Gasteiger charge is 2.03. The summed E-state index contributed by atoms with van der Waals surface area (Å²) >= 11 is 1.78. The summed E-state index contributed by atoms with van der Waals surface area (Å²) in [5.74, 6) is 0.993. The molecule has 0 aromatic heterocycles. The van der Waals surface area contributed by atoms with Crippen molar-refractivity contribution in [2.45, 2.75) is 58.3 Å². The van der Waals surface area contributed by atoms with Gasteiger partial charge in [0.2, 0.25) is 0 Å². The number of hydrogen-bond donors (Lipinski definition) is 1. The molecule has 0 unspecified atom stereocenters. The molecule has 2 nitrogen and oxygen atoms in total. The molecule has 0 radical (unpaired) electrons. The van der Waals surface area contributed by atoms with Gasteiger partial charge in [-0.25, -0.2) is 0 Å². The van der Waals surface area contributed by atoms with Crippen molar-refractivity contribution < 1.29 is 9.90 Å². The number of benzene rings is 2. The van der Waals surface area contributed by atoms with Crippen LogP contribution >= 0.6 is 11.8 Å². The van der Waals surface area contributed by atoms with Gasteiger partial charge in [0.1, 0.15) is 5.75 Å². The predicted octanol–water partition coefficient (Wildman–Crippen LogP) is 8.80. The van der Waals surface area contributed by atoms with E-state index in [1.165, 1.54) is 28.9 Å².